The zero-order chi connectivity index (χ0) is 7.82. The minimum atomic E-state index is -0.464. The number of hydrogen-bond donors (Lipinski definition) is 0. The van der Waals surface area contributed by atoms with Crippen molar-refractivity contribution in [3.8, 4) is 18.4 Å². The quantitative estimate of drug-likeness (QED) is 0.329. The molecule has 0 fully saturated rings. The van der Waals surface area contributed by atoms with Crippen molar-refractivity contribution < 1.29 is 4.79 Å². The number of unbranched alkanes of at least 4 members (excludes halogenated alkanes) is 1. The van der Waals surface area contributed by atoms with Crippen LogP contribution in [0.5, 0.6) is 0 Å². The van der Waals surface area contributed by atoms with E-state index in [1.54, 1.807) is 0 Å². The first-order valence-corrected chi connectivity index (χ1v) is 3.13. The number of carbonyl (C=O) groups is 1. The van der Waals surface area contributed by atoms with Crippen LogP contribution in [-0.2, 0) is 4.79 Å². The predicted molar refractivity (Wildman–Crippen MR) is 37.9 cm³/mol. The predicted octanol–water partition coefficient (Wildman–Crippen LogP) is 1.13. The third kappa shape index (κ3) is 3.69. The average Bonchev–Trinajstić information content (AvgIpc) is 1.99. The van der Waals surface area contributed by atoms with Gasteiger partial charge in [0.25, 0.3) is 0 Å². The van der Waals surface area contributed by atoms with Gasteiger partial charge in [-0.25, -0.2) is 0 Å². The first-order valence-electron chi connectivity index (χ1n) is 3.13. The lowest BCUT2D eigenvalue weighted by molar-refractivity contribution is -0.109. The molecule has 0 radical (unpaired) electrons. The second kappa shape index (κ2) is 5.85. The molecule has 0 aliphatic rings. The van der Waals surface area contributed by atoms with E-state index < -0.39 is 5.92 Å². The van der Waals surface area contributed by atoms with Crippen LogP contribution in [0.15, 0.2) is 0 Å². The molecule has 0 amide bonds. The van der Waals surface area contributed by atoms with E-state index in [0.29, 0.717) is 19.1 Å². The van der Waals surface area contributed by atoms with E-state index in [1.807, 2.05) is 6.07 Å². The molecule has 0 aliphatic carbocycles. The molecule has 0 spiro atoms. The molecular weight excluding hydrogens is 126 g/mol. The van der Waals surface area contributed by atoms with E-state index >= 15 is 0 Å². The number of hydrogen-bond acceptors (Lipinski definition) is 2. The van der Waals surface area contributed by atoms with Gasteiger partial charge in [-0.3, -0.25) is 0 Å². The maximum atomic E-state index is 10.1. The normalized spacial score (nSPS) is 11.0. The van der Waals surface area contributed by atoms with Gasteiger partial charge in [0.1, 0.15) is 12.2 Å². The summed E-state index contributed by atoms with van der Waals surface area (Å²) in [4.78, 5) is 10.1. The fourth-order valence-electron chi connectivity index (χ4n) is 0.587. The van der Waals surface area contributed by atoms with Gasteiger partial charge in [-0.2, -0.15) is 5.26 Å². The van der Waals surface area contributed by atoms with Crippen molar-refractivity contribution in [2.75, 3.05) is 0 Å². The van der Waals surface area contributed by atoms with Gasteiger partial charge in [0.15, 0.2) is 0 Å². The smallest absolute Gasteiger partial charge is 0.137 e. The van der Waals surface area contributed by atoms with Crippen molar-refractivity contribution in [1.82, 2.24) is 0 Å². The van der Waals surface area contributed by atoms with Gasteiger partial charge in [-0.05, 0) is 12.8 Å². The number of nitrogens with zero attached hydrogens (tertiary/aromatic N) is 1. The second-order valence-electron chi connectivity index (χ2n) is 1.97. The van der Waals surface area contributed by atoms with Crippen LogP contribution in [0.3, 0.4) is 0 Å². The van der Waals surface area contributed by atoms with Crippen LogP contribution in [0.25, 0.3) is 0 Å². The minimum Gasteiger partial charge on any atom is -0.302 e. The summed E-state index contributed by atoms with van der Waals surface area (Å²) in [5.74, 6) is 1.98. The maximum Gasteiger partial charge on any atom is 0.137 e. The van der Waals surface area contributed by atoms with E-state index in [4.69, 9.17) is 11.7 Å². The van der Waals surface area contributed by atoms with E-state index in [2.05, 4.69) is 5.92 Å². The standard InChI is InChI=1S/C8H9NO/c1-2-3-4-5-8(6-9)7-10/h1,7-8H,3-5H2. The van der Waals surface area contributed by atoms with Crippen LogP contribution in [0.2, 0.25) is 0 Å². The summed E-state index contributed by atoms with van der Waals surface area (Å²) in [5.41, 5.74) is 0. The number of terminal acetylenes is 1. The van der Waals surface area contributed by atoms with Gasteiger partial charge in [0, 0.05) is 6.42 Å². The van der Waals surface area contributed by atoms with Gasteiger partial charge >= 0.3 is 0 Å². The zero-order valence-electron chi connectivity index (χ0n) is 5.71. The van der Waals surface area contributed by atoms with Gasteiger partial charge in [-0.15, -0.1) is 12.3 Å². The summed E-state index contributed by atoms with van der Waals surface area (Å²) in [6.45, 7) is 0. The molecule has 1 unspecified atom stereocenters. The molecule has 0 saturated heterocycles. The molecule has 0 aromatic rings. The van der Waals surface area contributed by atoms with Crippen LogP contribution < -0.4 is 0 Å². The molecule has 0 aromatic heterocycles. The van der Waals surface area contributed by atoms with E-state index in [1.165, 1.54) is 0 Å². The molecule has 2 nitrogen and oxygen atoms in total. The van der Waals surface area contributed by atoms with Crippen LogP contribution in [-0.4, -0.2) is 6.29 Å². The molecule has 0 N–H and O–H groups in total. The first-order chi connectivity index (χ1) is 4.85. The number of nitriles is 1. The summed E-state index contributed by atoms with van der Waals surface area (Å²) in [6, 6.07) is 1.87. The Morgan fingerprint density at radius 1 is 1.70 bits per heavy atom. The van der Waals surface area contributed by atoms with Crippen LogP contribution >= 0.6 is 0 Å². The Morgan fingerprint density at radius 2 is 2.40 bits per heavy atom. The Balaban J connectivity index is 3.40. The summed E-state index contributed by atoms with van der Waals surface area (Å²) in [6.07, 6.45) is 7.63. The van der Waals surface area contributed by atoms with Crippen LogP contribution in [0.1, 0.15) is 19.3 Å². The molecule has 52 valence electrons. The number of aldehydes is 1. The van der Waals surface area contributed by atoms with Gasteiger partial charge < -0.3 is 4.79 Å². The van der Waals surface area contributed by atoms with Crippen molar-refractivity contribution in [1.29, 1.82) is 5.26 Å². The third-order valence-corrected chi connectivity index (χ3v) is 1.17. The van der Waals surface area contributed by atoms with E-state index in [0.717, 1.165) is 6.42 Å². The van der Waals surface area contributed by atoms with E-state index in [9.17, 15) is 4.79 Å². The number of carbonyl (C=O) groups excluding carboxylic acids is 1. The molecule has 2 heteroatoms. The highest BCUT2D eigenvalue weighted by Crippen LogP contribution is 2.03. The molecular formula is C8H9NO. The Kier molecular flexibility index (Phi) is 5.10. The largest absolute Gasteiger partial charge is 0.302 e. The van der Waals surface area contributed by atoms with Crippen LogP contribution in [0.4, 0.5) is 0 Å². The van der Waals surface area contributed by atoms with Gasteiger partial charge in [0.2, 0.25) is 0 Å². The Morgan fingerprint density at radius 3 is 2.80 bits per heavy atom. The molecule has 0 heterocycles. The molecule has 1 atom stereocenters. The highest BCUT2D eigenvalue weighted by Gasteiger charge is 2.02. The molecule has 10 heavy (non-hydrogen) atoms. The topological polar surface area (TPSA) is 40.9 Å². The summed E-state index contributed by atoms with van der Waals surface area (Å²) < 4.78 is 0. The first kappa shape index (κ1) is 8.72. The fraction of sp³-hybridized carbons (Fsp3) is 0.500. The summed E-state index contributed by atoms with van der Waals surface area (Å²) in [5, 5.41) is 8.29. The summed E-state index contributed by atoms with van der Waals surface area (Å²) in [7, 11) is 0. The monoisotopic (exact) mass is 135 g/mol. The molecule has 0 saturated carbocycles. The van der Waals surface area contributed by atoms with Gasteiger partial charge in [-0.1, -0.05) is 0 Å². The summed E-state index contributed by atoms with van der Waals surface area (Å²) >= 11 is 0. The Bertz CT molecular complexity index is 173. The van der Waals surface area contributed by atoms with Crippen molar-refractivity contribution >= 4 is 6.29 Å². The SMILES string of the molecule is C#CCCCC(C#N)C=O. The lowest BCUT2D eigenvalue weighted by Crippen LogP contribution is -1.96. The molecule has 0 aromatic carbocycles. The zero-order valence-corrected chi connectivity index (χ0v) is 5.71. The molecule has 0 rings (SSSR count). The second-order valence-corrected chi connectivity index (χ2v) is 1.97. The highest BCUT2D eigenvalue weighted by atomic mass is 16.1. The van der Waals surface area contributed by atoms with Crippen molar-refractivity contribution in [3.63, 3.8) is 0 Å². The van der Waals surface area contributed by atoms with Crippen molar-refractivity contribution in [2.45, 2.75) is 19.3 Å². The lowest BCUT2D eigenvalue weighted by atomic mass is 10.1. The fourth-order valence-corrected chi connectivity index (χ4v) is 0.587. The molecule has 0 aliphatic heterocycles. The van der Waals surface area contributed by atoms with Crippen LogP contribution in [0, 0.1) is 29.6 Å². The number of rotatable bonds is 4. The van der Waals surface area contributed by atoms with Crippen molar-refractivity contribution in [3.05, 3.63) is 0 Å². The minimum absolute atomic E-state index is 0.464. The Labute approximate surface area is 60.8 Å². The highest BCUT2D eigenvalue weighted by molar-refractivity contribution is 5.57. The molecule has 0 bridgehead atoms. The lowest BCUT2D eigenvalue weighted by Gasteiger charge is -1.95. The van der Waals surface area contributed by atoms with Gasteiger partial charge in [0.05, 0.1) is 6.07 Å². The van der Waals surface area contributed by atoms with Crippen molar-refractivity contribution in [2.24, 2.45) is 5.92 Å². The average molecular weight is 135 g/mol. The third-order valence-electron chi connectivity index (χ3n) is 1.17. The van der Waals surface area contributed by atoms with E-state index in [-0.39, 0.29) is 0 Å². The maximum absolute atomic E-state index is 10.1. The Hall–Kier alpha value is -1.28.